The van der Waals surface area contributed by atoms with Crippen LogP contribution >= 0.6 is 0 Å². The largest absolute Gasteiger partial charge is 0.391 e. The third-order valence-electron chi connectivity index (χ3n) is 3.75. The van der Waals surface area contributed by atoms with Gasteiger partial charge in [0.2, 0.25) is 15.9 Å². The number of hydrogen-bond acceptors (Lipinski definition) is 4. The molecule has 0 saturated carbocycles. The summed E-state index contributed by atoms with van der Waals surface area (Å²) in [5.74, 6) is -2.68. The van der Waals surface area contributed by atoms with Gasteiger partial charge in [0.05, 0.1) is 17.0 Å². The first-order chi connectivity index (χ1) is 10.7. The first kappa shape index (κ1) is 17.8. The standard InChI is InChI=1S/C14H18F2N2O4S/c1-9(19)17-13-4-6-18(7-5-14(13)20)23(21,22)10-2-3-11(15)12(16)8-10/h2-3,8,13-14,20H,4-7H2,1H3,(H,17,19)/t13-,14-/m0/s1. The number of aliphatic hydroxyl groups excluding tert-OH is 1. The molecule has 2 atom stereocenters. The lowest BCUT2D eigenvalue weighted by Gasteiger charge is -2.20. The Morgan fingerprint density at radius 3 is 2.52 bits per heavy atom. The summed E-state index contributed by atoms with van der Waals surface area (Å²) in [4.78, 5) is 10.8. The summed E-state index contributed by atoms with van der Waals surface area (Å²) in [5.41, 5.74) is 0. The van der Waals surface area contributed by atoms with Crippen LogP contribution in [0.3, 0.4) is 0 Å². The summed E-state index contributed by atoms with van der Waals surface area (Å²) in [5, 5.41) is 12.6. The Morgan fingerprint density at radius 1 is 1.26 bits per heavy atom. The van der Waals surface area contributed by atoms with Crippen LogP contribution in [0.15, 0.2) is 23.1 Å². The molecule has 1 heterocycles. The number of aliphatic hydroxyl groups is 1. The number of amides is 1. The van der Waals surface area contributed by atoms with Crippen molar-refractivity contribution in [3.63, 3.8) is 0 Å². The molecular weight excluding hydrogens is 330 g/mol. The molecule has 6 nitrogen and oxygen atoms in total. The van der Waals surface area contributed by atoms with Crippen LogP contribution in [0.4, 0.5) is 8.78 Å². The molecule has 0 aromatic heterocycles. The molecule has 0 bridgehead atoms. The van der Waals surface area contributed by atoms with Crippen LogP contribution in [0.1, 0.15) is 19.8 Å². The third-order valence-corrected chi connectivity index (χ3v) is 5.64. The highest BCUT2D eigenvalue weighted by atomic mass is 32.2. The Morgan fingerprint density at radius 2 is 1.91 bits per heavy atom. The smallest absolute Gasteiger partial charge is 0.243 e. The van der Waals surface area contributed by atoms with E-state index < -0.39 is 33.8 Å². The molecule has 0 aliphatic carbocycles. The van der Waals surface area contributed by atoms with Gasteiger partial charge in [-0.3, -0.25) is 4.79 Å². The molecule has 1 fully saturated rings. The van der Waals surface area contributed by atoms with Crippen molar-refractivity contribution in [2.24, 2.45) is 0 Å². The molecule has 23 heavy (non-hydrogen) atoms. The molecule has 1 aromatic rings. The zero-order chi connectivity index (χ0) is 17.2. The normalized spacial score (nSPS) is 23.3. The van der Waals surface area contributed by atoms with Gasteiger partial charge >= 0.3 is 0 Å². The highest BCUT2D eigenvalue weighted by Crippen LogP contribution is 2.22. The van der Waals surface area contributed by atoms with Crippen LogP contribution in [0, 0.1) is 11.6 Å². The Labute approximate surface area is 133 Å². The van der Waals surface area contributed by atoms with E-state index in [0.29, 0.717) is 6.07 Å². The SMILES string of the molecule is CC(=O)N[C@H]1CCN(S(=O)(=O)c2ccc(F)c(F)c2)CC[C@@H]1O. The van der Waals surface area contributed by atoms with E-state index in [1.807, 2.05) is 0 Å². The molecule has 2 rings (SSSR count). The number of benzene rings is 1. The summed E-state index contributed by atoms with van der Waals surface area (Å²) in [6, 6.07) is 1.85. The van der Waals surface area contributed by atoms with Gasteiger partial charge < -0.3 is 10.4 Å². The predicted molar refractivity (Wildman–Crippen MR) is 78.0 cm³/mol. The molecule has 1 aliphatic heterocycles. The van der Waals surface area contributed by atoms with Crippen molar-refractivity contribution >= 4 is 15.9 Å². The number of carbonyl (C=O) groups excluding carboxylic acids is 1. The van der Waals surface area contributed by atoms with E-state index in [-0.39, 0.29) is 36.7 Å². The van der Waals surface area contributed by atoms with Crippen LogP contribution in [-0.4, -0.2) is 49.0 Å². The summed E-state index contributed by atoms with van der Waals surface area (Å²) < 4.78 is 52.4. The zero-order valence-corrected chi connectivity index (χ0v) is 13.3. The van der Waals surface area contributed by atoms with Crippen LogP contribution in [-0.2, 0) is 14.8 Å². The summed E-state index contributed by atoms with van der Waals surface area (Å²) in [6.45, 7) is 1.40. The maximum absolute atomic E-state index is 13.3. The highest BCUT2D eigenvalue weighted by Gasteiger charge is 2.32. The van der Waals surface area contributed by atoms with Crippen LogP contribution in [0.2, 0.25) is 0 Å². The van der Waals surface area contributed by atoms with Gasteiger partial charge in [-0.25, -0.2) is 17.2 Å². The number of hydrogen-bond donors (Lipinski definition) is 2. The Hall–Kier alpha value is -1.58. The number of halogens is 2. The number of rotatable bonds is 3. The van der Waals surface area contributed by atoms with Crippen molar-refractivity contribution in [2.75, 3.05) is 13.1 Å². The van der Waals surface area contributed by atoms with E-state index >= 15 is 0 Å². The van der Waals surface area contributed by atoms with E-state index in [1.54, 1.807) is 0 Å². The molecule has 1 amide bonds. The maximum Gasteiger partial charge on any atom is 0.243 e. The van der Waals surface area contributed by atoms with Gasteiger partial charge in [-0.2, -0.15) is 4.31 Å². The molecule has 2 N–H and O–H groups in total. The van der Waals surface area contributed by atoms with Crippen LogP contribution in [0.5, 0.6) is 0 Å². The summed E-state index contributed by atoms with van der Waals surface area (Å²) in [7, 11) is -4.00. The second-order valence-corrected chi connectivity index (χ2v) is 7.37. The Bertz CT molecular complexity index is 696. The molecule has 0 radical (unpaired) electrons. The van der Waals surface area contributed by atoms with Gasteiger partial charge in [-0.15, -0.1) is 0 Å². The maximum atomic E-state index is 13.3. The van der Waals surface area contributed by atoms with Gasteiger partial charge in [0.25, 0.3) is 0 Å². The molecular formula is C14H18F2N2O4S. The molecule has 0 spiro atoms. The molecule has 0 unspecified atom stereocenters. The van der Waals surface area contributed by atoms with Crippen molar-refractivity contribution in [2.45, 2.75) is 36.8 Å². The van der Waals surface area contributed by atoms with E-state index in [4.69, 9.17) is 0 Å². The minimum Gasteiger partial charge on any atom is -0.391 e. The number of nitrogens with zero attached hydrogens (tertiary/aromatic N) is 1. The fraction of sp³-hybridized carbons (Fsp3) is 0.500. The lowest BCUT2D eigenvalue weighted by Crippen LogP contribution is -2.42. The fourth-order valence-electron chi connectivity index (χ4n) is 2.52. The van der Waals surface area contributed by atoms with Gasteiger partial charge in [0.15, 0.2) is 11.6 Å². The minimum atomic E-state index is -4.00. The third kappa shape index (κ3) is 4.04. The van der Waals surface area contributed by atoms with E-state index in [1.165, 1.54) is 6.92 Å². The Kier molecular flexibility index (Phi) is 5.33. The lowest BCUT2D eigenvalue weighted by molar-refractivity contribution is -0.120. The Balaban J connectivity index is 2.20. The van der Waals surface area contributed by atoms with Gasteiger partial charge in [-0.05, 0) is 31.0 Å². The van der Waals surface area contributed by atoms with E-state index in [9.17, 15) is 27.1 Å². The second-order valence-electron chi connectivity index (χ2n) is 5.43. The average molecular weight is 348 g/mol. The molecule has 128 valence electrons. The monoisotopic (exact) mass is 348 g/mol. The first-order valence-electron chi connectivity index (χ1n) is 7.12. The average Bonchev–Trinajstić information content (AvgIpc) is 2.64. The van der Waals surface area contributed by atoms with Gasteiger partial charge in [-0.1, -0.05) is 0 Å². The predicted octanol–water partition coefficient (Wildman–Crippen LogP) is 0.615. The summed E-state index contributed by atoms with van der Waals surface area (Å²) >= 11 is 0. The topological polar surface area (TPSA) is 86.7 Å². The van der Waals surface area contributed by atoms with Crippen LogP contribution in [0.25, 0.3) is 0 Å². The molecule has 1 aromatic carbocycles. The first-order valence-corrected chi connectivity index (χ1v) is 8.56. The van der Waals surface area contributed by atoms with E-state index in [0.717, 1.165) is 16.4 Å². The quantitative estimate of drug-likeness (QED) is 0.838. The van der Waals surface area contributed by atoms with Crippen molar-refractivity contribution in [3.8, 4) is 0 Å². The van der Waals surface area contributed by atoms with Crippen LogP contribution < -0.4 is 5.32 Å². The number of nitrogens with one attached hydrogen (secondary N) is 1. The van der Waals surface area contributed by atoms with Gasteiger partial charge in [0.1, 0.15) is 0 Å². The van der Waals surface area contributed by atoms with Crippen molar-refractivity contribution < 1.29 is 27.1 Å². The molecule has 1 aliphatic rings. The lowest BCUT2D eigenvalue weighted by atomic mass is 10.1. The highest BCUT2D eigenvalue weighted by molar-refractivity contribution is 7.89. The van der Waals surface area contributed by atoms with E-state index in [2.05, 4.69) is 5.32 Å². The molecule has 9 heteroatoms. The number of sulfonamides is 1. The summed E-state index contributed by atoms with van der Waals surface area (Å²) in [6.07, 6.45) is -0.513. The van der Waals surface area contributed by atoms with Crippen molar-refractivity contribution in [1.29, 1.82) is 0 Å². The minimum absolute atomic E-state index is 0.0264. The molecule has 1 saturated heterocycles. The second kappa shape index (κ2) is 6.90. The zero-order valence-electron chi connectivity index (χ0n) is 12.5. The van der Waals surface area contributed by atoms with Crippen molar-refractivity contribution in [1.82, 2.24) is 9.62 Å². The number of carbonyl (C=O) groups is 1. The van der Waals surface area contributed by atoms with Crippen molar-refractivity contribution in [3.05, 3.63) is 29.8 Å². The van der Waals surface area contributed by atoms with Gasteiger partial charge in [0, 0.05) is 20.0 Å². The fourth-order valence-corrected chi connectivity index (χ4v) is 4.00.